The van der Waals surface area contributed by atoms with Gasteiger partial charge in [-0.15, -0.1) is 10.1 Å². The zero-order valence-electron chi connectivity index (χ0n) is 6.44. The third-order valence-electron chi connectivity index (χ3n) is 1.26. The molecule has 0 amide bonds. The lowest BCUT2D eigenvalue weighted by atomic mass is 10.1. The predicted octanol–water partition coefficient (Wildman–Crippen LogP) is -2.52. The van der Waals surface area contributed by atoms with Crippen molar-refractivity contribution in [1.29, 1.82) is 0 Å². The number of aldehydes is 1. The maximum Gasteiger partial charge on any atom is 0.295 e. The minimum atomic E-state index is -1.83. The lowest BCUT2D eigenvalue weighted by Gasteiger charge is -2.19. The van der Waals surface area contributed by atoms with Crippen molar-refractivity contribution in [3.63, 3.8) is 0 Å². The molecule has 0 saturated carbocycles. The van der Waals surface area contributed by atoms with Crippen LogP contribution in [-0.4, -0.2) is 51.6 Å². The first-order valence-corrected chi connectivity index (χ1v) is 3.26. The first kappa shape index (κ1) is 11.8. The van der Waals surface area contributed by atoms with Gasteiger partial charge in [-0.05, 0) is 0 Å². The van der Waals surface area contributed by atoms with E-state index in [1.807, 2.05) is 0 Å². The van der Waals surface area contributed by atoms with Crippen LogP contribution in [0.5, 0.6) is 0 Å². The van der Waals surface area contributed by atoms with Crippen LogP contribution in [0.2, 0.25) is 0 Å². The Balaban J connectivity index is 4.21. The van der Waals surface area contributed by atoms with E-state index in [4.69, 9.17) is 15.3 Å². The van der Waals surface area contributed by atoms with Crippen molar-refractivity contribution in [3.8, 4) is 0 Å². The zero-order chi connectivity index (χ0) is 10.4. The van der Waals surface area contributed by atoms with Gasteiger partial charge >= 0.3 is 0 Å². The van der Waals surface area contributed by atoms with Crippen LogP contribution in [0.15, 0.2) is 0 Å². The highest BCUT2D eigenvalue weighted by molar-refractivity contribution is 5.57. The molecule has 0 rings (SSSR count). The predicted molar refractivity (Wildman–Crippen MR) is 37.0 cm³/mol. The fraction of sp³-hybridized carbons (Fsp3) is 0.800. The first-order valence-electron chi connectivity index (χ1n) is 3.26. The lowest BCUT2D eigenvalue weighted by molar-refractivity contribution is -0.766. The van der Waals surface area contributed by atoms with E-state index >= 15 is 0 Å². The summed E-state index contributed by atoms with van der Waals surface area (Å²) in [6.07, 6.45) is -5.31. The minimum Gasteiger partial charge on any atom is -0.394 e. The number of aliphatic hydroxyl groups excluding tert-OH is 3. The Morgan fingerprint density at radius 3 is 2.38 bits per heavy atom. The van der Waals surface area contributed by atoms with Gasteiger partial charge < -0.3 is 25.0 Å². The molecule has 3 N–H and O–H groups in total. The molecular formula is C5H9NO7. The fourth-order valence-electron chi connectivity index (χ4n) is 0.594. The van der Waals surface area contributed by atoms with E-state index in [2.05, 4.69) is 4.84 Å². The van der Waals surface area contributed by atoms with Gasteiger partial charge in [-0.2, -0.15) is 0 Å². The summed E-state index contributed by atoms with van der Waals surface area (Å²) in [5, 5.41) is 34.5. The molecule has 0 bridgehead atoms. The number of nitrogens with zero attached hydrogens (tertiary/aromatic N) is 1. The molecule has 0 aliphatic heterocycles. The van der Waals surface area contributed by atoms with Gasteiger partial charge in [0, 0.05) is 0 Å². The molecule has 0 saturated heterocycles. The minimum absolute atomic E-state index is 0.0354. The Morgan fingerprint density at radius 1 is 1.54 bits per heavy atom. The Bertz CT molecular complexity index is 184. The molecule has 0 spiro atoms. The molecule has 0 aromatic rings. The average Bonchev–Trinajstić information content (AvgIpc) is 2.11. The second-order valence-electron chi connectivity index (χ2n) is 2.17. The highest BCUT2D eigenvalue weighted by Gasteiger charge is 2.28. The van der Waals surface area contributed by atoms with Crippen LogP contribution >= 0.6 is 0 Å². The van der Waals surface area contributed by atoms with Crippen LogP contribution in [0, 0.1) is 10.1 Å². The second-order valence-corrected chi connectivity index (χ2v) is 2.17. The van der Waals surface area contributed by atoms with Crippen molar-refractivity contribution < 1.29 is 30.0 Å². The fourth-order valence-corrected chi connectivity index (χ4v) is 0.594. The summed E-state index contributed by atoms with van der Waals surface area (Å²) in [5.41, 5.74) is 0. The average molecular weight is 195 g/mol. The monoisotopic (exact) mass is 195 g/mol. The normalized spacial score (nSPS) is 17.2. The summed E-state index contributed by atoms with van der Waals surface area (Å²) in [5.74, 6) is 0. The van der Waals surface area contributed by atoms with E-state index in [-0.39, 0.29) is 6.29 Å². The number of carbonyl (C=O) groups is 1. The maximum absolute atomic E-state index is 10.1. The van der Waals surface area contributed by atoms with Crippen LogP contribution in [0.25, 0.3) is 0 Å². The summed E-state index contributed by atoms with van der Waals surface area (Å²) in [6.45, 7) is -0.827. The number of hydrogen-bond acceptors (Lipinski definition) is 7. The van der Waals surface area contributed by atoms with E-state index in [1.54, 1.807) is 0 Å². The molecule has 0 heterocycles. The van der Waals surface area contributed by atoms with Crippen molar-refractivity contribution in [2.24, 2.45) is 0 Å². The summed E-state index contributed by atoms with van der Waals surface area (Å²) in [4.78, 5) is 23.6. The molecule has 0 aromatic heterocycles. The Labute approximate surface area is 72.5 Å². The van der Waals surface area contributed by atoms with Crippen LogP contribution in [-0.2, 0) is 9.63 Å². The van der Waals surface area contributed by atoms with Gasteiger partial charge in [0.1, 0.15) is 12.2 Å². The summed E-state index contributed by atoms with van der Waals surface area (Å²) < 4.78 is 0. The topological polar surface area (TPSA) is 130 Å². The van der Waals surface area contributed by atoms with Gasteiger partial charge in [0.25, 0.3) is 5.09 Å². The quantitative estimate of drug-likeness (QED) is 0.242. The SMILES string of the molecule is O=C[C@H](O[N+](=O)[O-])[C@@H](O)[C@H](O)CO. The van der Waals surface area contributed by atoms with Gasteiger partial charge in [0.2, 0.25) is 0 Å². The lowest BCUT2D eigenvalue weighted by Crippen LogP contribution is -2.42. The molecule has 8 nitrogen and oxygen atoms in total. The molecule has 0 aromatic carbocycles. The molecule has 8 heteroatoms. The molecule has 0 radical (unpaired) electrons. The highest BCUT2D eigenvalue weighted by atomic mass is 17.0. The maximum atomic E-state index is 10.1. The second kappa shape index (κ2) is 5.41. The first-order chi connectivity index (χ1) is 6.02. The van der Waals surface area contributed by atoms with Crippen molar-refractivity contribution in [1.82, 2.24) is 0 Å². The van der Waals surface area contributed by atoms with E-state index in [1.165, 1.54) is 0 Å². The van der Waals surface area contributed by atoms with E-state index in [0.29, 0.717) is 0 Å². The third-order valence-corrected chi connectivity index (χ3v) is 1.26. The molecule has 0 fully saturated rings. The van der Waals surface area contributed by atoms with Crippen LogP contribution in [0.1, 0.15) is 0 Å². The molecule has 0 aliphatic rings. The number of carbonyl (C=O) groups excluding carboxylic acids is 1. The Morgan fingerprint density at radius 2 is 2.08 bits per heavy atom. The number of rotatable bonds is 6. The van der Waals surface area contributed by atoms with Crippen LogP contribution in [0.4, 0.5) is 0 Å². The smallest absolute Gasteiger partial charge is 0.295 e. The third kappa shape index (κ3) is 3.78. The number of hydrogen-bond donors (Lipinski definition) is 3. The standard InChI is InChI=1S/C5H9NO7/c7-1-3(9)5(10)4(2-8)13-6(11)12/h2-5,7,9-10H,1H2/t3-,4+,5+/m1/s1. The largest absolute Gasteiger partial charge is 0.394 e. The Kier molecular flexibility index (Phi) is 4.89. The van der Waals surface area contributed by atoms with Crippen molar-refractivity contribution in [3.05, 3.63) is 10.1 Å². The van der Waals surface area contributed by atoms with Gasteiger partial charge in [-0.3, -0.25) is 0 Å². The summed E-state index contributed by atoms with van der Waals surface area (Å²) in [6, 6.07) is 0. The van der Waals surface area contributed by atoms with Gasteiger partial charge in [0.05, 0.1) is 6.61 Å². The van der Waals surface area contributed by atoms with Crippen LogP contribution in [0.3, 0.4) is 0 Å². The Hall–Kier alpha value is -1.25. The molecular weight excluding hydrogens is 186 g/mol. The van der Waals surface area contributed by atoms with E-state index in [0.717, 1.165) is 0 Å². The van der Waals surface area contributed by atoms with Gasteiger partial charge in [-0.25, -0.2) is 0 Å². The van der Waals surface area contributed by atoms with Crippen molar-refractivity contribution in [2.45, 2.75) is 18.3 Å². The van der Waals surface area contributed by atoms with Crippen LogP contribution < -0.4 is 0 Å². The van der Waals surface area contributed by atoms with E-state index in [9.17, 15) is 14.9 Å². The molecule has 76 valence electrons. The molecule has 0 unspecified atom stereocenters. The molecule has 0 aliphatic carbocycles. The highest BCUT2D eigenvalue weighted by Crippen LogP contribution is 2.02. The van der Waals surface area contributed by atoms with Crippen molar-refractivity contribution in [2.75, 3.05) is 6.61 Å². The molecule has 3 atom stereocenters. The number of aliphatic hydroxyl groups is 3. The zero-order valence-corrected chi connectivity index (χ0v) is 6.44. The summed E-state index contributed by atoms with van der Waals surface area (Å²) >= 11 is 0. The van der Waals surface area contributed by atoms with E-state index < -0.39 is 30.0 Å². The van der Waals surface area contributed by atoms with Crippen molar-refractivity contribution >= 4 is 6.29 Å². The molecule has 13 heavy (non-hydrogen) atoms. The van der Waals surface area contributed by atoms with Gasteiger partial charge in [-0.1, -0.05) is 0 Å². The summed E-state index contributed by atoms with van der Waals surface area (Å²) in [7, 11) is 0. The van der Waals surface area contributed by atoms with Gasteiger partial charge in [0.15, 0.2) is 12.4 Å².